The minimum atomic E-state index is -2.10. The van der Waals surface area contributed by atoms with Gasteiger partial charge in [0.2, 0.25) is 20.1 Å². The summed E-state index contributed by atoms with van der Waals surface area (Å²) in [5, 5.41) is 6.51. The highest BCUT2D eigenvalue weighted by Gasteiger charge is 2.39. The summed E-state index contributed by atoms with van der Waals surface area (Å²) < 4.78 is 17.9. The third-order valence-corrected chi connectivity index (χ3v) is 12.1. The second-order valence-corrected chi connectivity index (χ2v) is 17.2. The highest BCUT2D eigenvalue weighted by atomic mass is 35.5. The lowest BCUT2D eigenvalue weighted by Crippen LogP contribution is -2.44. The van der Waals surface area contributed by atoms with Crippen molar-refractivity contribution in [3.8, 4) is 17.4 Å². The summed E-state index contributed by atoms with van der Waals surface area (Å²) in [5.74, 6) is 1.51. The number of methoxy groups -OCH3 is 1. The molecule has 228 valence electrons. The minimum absolute atomic E-state index is 0.0171. The second-order valence-electron chi connectivity index (χ2n) is 12.1. The number of rotatable bonds is 12. The first-order chi connectivity index (χ1) is 19.6. The van der Waals surface area contributed by atoms with Crippen LogP contribution in [0.1, 0.15) is 48.7 Å². The average molecular weight is 614 g/mol. The third kappa shape index (κ3) is 8.36. The first-order valence-electron chi connectivity index (χ1n) is 14.0. The van der Waals surface area contributed by atoms with Crippen molar-refractivity contribution in [2.45, 2.75) is 59.2 Å². The molecule has 0 atom stereocenters. The van der Waals surface area contributed by atoms with Gasteiger partial charge in [0.05, 0.1) is 24.4 Å². The van der Waals surface area contributed by atoms with E-state index in [4.69, 9.17) is 25.5 Å². The molecular formula is C31H44ClN5O4Si. The van der Waals surface area contributed by atoms with Gasteiger partial charge < -0.3 is 29.4 Å². The Balaban J connectivity index is 1.75. The molecular weight excluding hydrogens is 570 g/mol. The molecule has 0 saturated heterocycles. The van der Waals surface area contributed by atoms with Gasteiger partial charge in [-0.25, -0.2) is 4.98 Å². The fourth-order valence-corrected chi connectivity index (χ4v) is 5.18. The lowest BCUT2D eigenvalue weighted by atomic mass is 10.1. The topological polar surface area (TPSA) is 97.8 Å². The van der Waals surface area contributed by atoms with Gasteiger partial charge in [-0.15, -0.1) is 0 Å². The van der Waals surface area contributed by atoms with Crippen LogP contribution in [0.5, 0.6) is 17.4 Å². The fraction of sp³-hybridized carbons (Fsp3) is 0.452. The monoisotopic (exact) mass is 613 g/mol. The summed E-state index contributed by atoms with van der Waals surface area (Å²) in [6.45, 7) is 16.4. The van der Waals surface area contributed by atoms with Gasteiger partial charge in [0.1, 0.15) is 17.1 Å². The van der Waals surface area contributed by atoms with Gasteiger partial charge in [-0.1, -0.05) is 32.4 Å². The number of carbonyl (C=O) groups excluding carboxylic acids is 1. The molecule has 0 bridgehead atoms. The number of anilines is 3. The molecule has 0 spiro atoms. The van der Waals surface area contributed by atoms with E-state index in [-0.39, 0.29) is 16.5 Å². The number of ether oxygens (including phenoxy) is 2. The van der Waals surface area contributed by atoms with Gasteiger partial charge in [-0.2, -0.15) is 4.98 Å². The van der Waals surface area contributed by atoms with Crippen molar-refractivity contribution in [2.24, 2.45) is 0 Å². The SMILES string of the molecule is COc1nc(Nc2ccc(OCCCN(C)C)c(C)c2)ncc1C(=O)Nc1c(Cl)ccc(O[Si](C)(C)C(C)(C)C)c1C. The molecule has 0 aliphatic heterocycles. The van der Waals surface area contributed by atoms with Crippen LogP contribution in [0.15, 0.2) is 36.5 Å². The molecule has 0 radical (unpaired) electrons. The standard InChI is InChI=1S/C31H44ClN5O4Si/c1-20-18-22(12-14-25(20)40-17-11-16-37(6)7)34-30-33-19-23(29(36-30)39-8)28(38)35-27-21(2)26(15-13-24(27)32)41-42(9,10)31(3,4)5/h12-15,18-19H,11,16-17H2,1-10H3,(H,35,38)(H,33,34,36). The number of hydrogen-bond donors (Lipinski definition) is 2. The number of aryl methyl sites for hydroxylation is 1. The van der Waals surface area contributed by atoms with E-state index in [0.717, 1.165) is 35.5 Å². The van der Waals surface area contributed by atoms with Gasteiger partial charge in [-0.3, -0.25) is 4.79 Å². The Kier molecular flexibility index (Phi) is 10.9. The zero-order chi connectivity index (χ0) is 31.2. The number of aromatic nitrogens is 2. The molecule has 3 rings (SSSR count). The van der Waals surface area contributed by atoms with E-state index in [0.29, 0.717) is 29.0 Å². The Labute approximate surface area is 256 Å². The maximum absolute atomic E-state index is 13.4. The second kappa shape index (κ2) is 13.8. The van der Waals surface area contributed by atoms with Gasteiger partial charge in [-0.05, 0) is 88.4 Å². The van der Waals surface area contributed by atoms with Crippen LogP contribution in [0, 0.1) is 13.8 Å². The lowest BCUT2D eigenvalue weighted by molar-refractivity contribution is 0.102. The van der Waals surface area contributed by atoms with Crippen LogP contribution in [0.3, 0.4) is 0 Å². The third-order valence-electron chi connectivity index (χ3n) is 7.40. The van der Waals surface area contributed by atoms with Crippen LogP contribution in [-0.4, -0.2) is 63.4 Å². The summed E-state index contributed by atoms with van der Waals surface area (Å²) in [4.78, 5) is 24.3. The summed E-state index contributed by atoms with van der Waals surface area (Å²) in [7, 11) is 3.44. The minimum Gasteiger partial charge on any atom is -0.543 e. The smallest absolute Gasteiger partial charge is 0.262 e. The van der Waals surface area contributed by atoms with Crippen LogP contribution in [0.2, 0.25) is 23.2 Å². The largest absolute Gasteiger partial charge is 0.543 e. The number of benzene rings is 2. The molecule has 0 unspecified atom stereocenters. The van der Waals surface area contributed by atoms with Crippen LogP contribution in [0.25, 0.3) is 0 Å². The Hall–Kier alpha value is -3.34. The van der Waals surface area contributed by atoms with E-state index >= 15 is 0 Å². The normalized spacial score (nSPS) is 11.8. The predicted molar refractivity (Wildman–Crippen MR) is 174 cm³/mol. The first-order valence-corrected chi connectivity index (χ1v) is 17.3. The van der Waals surface area contributed by atoms with Crippen molar-refractivity contribution in [3.63, 3.8) is 0 Å². The molecule has 2 N–H and O–H groups in total. The van der Waals surface area contributed by atoms with Crippen molar-refractivity contribution < 1.29 is 18.7 Å². The van der Waals surface area contributed by atoms with Gasteiger partial charge in [0.25, 0.3) is 5.91 Å². The van der Waals surface area contributed by atoms with Crippen LogP contribution in [-0.2, 0) is 0 Å². The van der Waals surface area contributed by atoms with Crippen molar-refractivity contribution in [1.82, 2.24) is 14.9 Å². The van der Waals surface area contributed by atoms with Crippen molar-refractivity contribution in [3.05, 3.63) is 58.2 Å². The van der Waals surface area contributed by atoms with E-state index in [2.05, 4.69) is 59.4 Å². The number of nitrogens with one attached hydrogen (secondary N) is 2. The molecule has 9 nitrogen and oxygen atoms in total. The zero-order valence-corrected chi connectivity index (χ0v) is 28.2. The van der Waals surface area contributed by atoms with Gasteiger partial charge >= 0.3 is 0 Å². The molecule has 11 heteroatoms. The van der Waals surface area contributed by atoms with Crippen molar-refractivity contribution in [1.29, 1.82) is 0 Å². The van der Waals surface area contributed by atoms with E-state index in [1.54, 1.807) is 6.07 Å². The van der Waals surface area contributed by atoms with Crippen molar-refractivity contribution in [2.75, 3.05) is 45.0 Å². The molecule has 2 aromatic carbocycles. The predicted octanol–water partition coefficient (Wildman–Crippen LogP) is 7.47. The Morgan fingerprint density at radius 2 is 1.79 bits per heavy atom. The first kappa shape index (κ1) is 33.2. The number of carbonyl (C=O) groups is 1. The quantitative estimate of drug-likeness (QED) is 0.160. The van der Waals surface area contributed by atoms with Crippen molar-refractivity contribution >= 4 is 43.1 Å². The molecule has 1 heterocycles. The fourth-order valence-electron chi connectivity index (χ4n) is 3.85. The summed E-state index contributed by atoms with van der Waals surface area (Å²) in [6.07, 6.45) is 2.37. The molecule has 1 aromatic heterocycles. The molecule has 3 aromatic rings. The number of nitrogens with zero attached hydrogens (tertiary/aromatic N) is 3. The number of hydrogen-bond acceptors (Lipinski definition) is 8. The molecule has 0 saturated carbocycles. The van der Waals surface area contributed by atoms with E-state index in [1.165, 1.54) is 13.3 Å². The van der Waals surface area contributed by atoms with Crippen LogP contribution < -0.4 is 24.5 Å². The molecule has 0 fully saturated rings. The summed E-state index contributed by atoms with van der Waals surface area (Å²) >= 11 is 6.51. The van der Waals surface area contributed by atoms with Gasteiger partial charge in [0.15, 0.2) is 0 Å². The number of halogens is 1. The maximum Gasteiger partial charge on any atom is 0.262 e. The molecule has 0 aliphatic rings. The van der Waals surface area contributed by atoms with E-state index in [9.17, 15) is 4.79 Å². The van der Waals surface area contributed by atoms with E-state index in [1.807, 2.05) is 52.2 Å². The Morgan fingerprint density at radius 3 is 2.40 bits per heavy atom. The van der Waals surface area contributed by atoms with Crippen LogP contribution in [0.4, 0.5) is 17.3 Å². The average Bonchev–Trinajstić information content (AvgIpc) is 2.90. The Morgan fingerprint density at radius 1 is 1.10 bits per heavy atom. The zero-order valence-electron chi connectivity index (χ0n) is 26.4. The molecule has 1 amide bonds. The Bertz CT molecular complexity index is 1410. The number of amides is 1. The maximum atomic E-state index is 13.4. The molecule has 42 heavy (non-hydrogen) atoms. The molecule has 0 aliphatic carbocycles. The summed E-state index contributed by atoms with van der Waals surface area (Å²) in [5.41, 5.74) is 3.17. The highest BCUT2D eigenvalue weighted by Crippen LogP contribution is 2.41. The lowest BCUT2D eigenvalue weighted by Gasteiger charge is -2.37. The highest BCUT2D eigenvalue weighted by molar-refractivity contribution is 6.74. The van der Waals surface area contributed by atoms with E-state index < -0.39 is 14.2 Å². The van der Waals surface area contributed by atoms with Gasteiger partial charge in [0, 0.05) is 24.0 Å². The van der Waals surface area contributed by atoms with Crippen LogP contribution >= 0.6 is 11.6 Å². The summed E-state index contributed by atoms with van der Waals surface area (Å²) in [6, 6.07) is 9.36.